The zero-order valence-electron chi connectivity index (χ0n) is 14.3. The zero-order chi connectivity index (χ0) is 19.0. The normalized spacial score (nSPS) is 11.1. The summed E-state index contributed by atoms with van der Waals surface area (Å²) < 4.78 is 1.03. The Morgan fingerprint density at radius 3 is 2.67 bits per heavy atom. The number of phenolic OH excluding ortho intramolecular Hbond substituents is 1. The van der Waals surface area contributed by atoms with E-state index in [-0.39, 0.29) is 5.75 Å². The summed E-state index contributed by atoms with van der Waals surface area (Å²) in [5.74, 6) is 0.758. The molecule has 27 heavy (non-hydrogen) atoms. The number of rotatable bonds is 4. The minimum atomic E-state index is 0.113. The highest BCUT2D eigenvalue weighted by molar-refractivity contribution is 9.10. The van der Waals surface area contributed by atoms with E-state index in [1.165, 1.54) is 11.2 Å². The summed E-state index contributed by atoms with van der Waals surface area (Å²) in [7, 11) is 0. The van der Waals surface area contributed by atoms with E-state index >= 15 is 0 Å². The molecule has 0 bridgehead atoms. The number of halogens is 2. The van der Waals surface area contributed by atoms with Gasteiger partial charge >= 0.3 is 0 Å². The summed E-state index contributed by atoms with van der Waals surface area (Å²) in [6.45, 7) is 2.14. The van der Waals surface area contributed by atoms with Gasteiger partial charge in [-0.3, -0.25) is 0 Å². The van der Waals surface area contributed by atoms with Crippen molar-refractivity contribution in [3.05, 3.63) is 63.2 Å². The van der Waals surface area contributed by atoms with Gasteiger partial charge in [0.15, 0.2) is 0 Å². The molecule has 2 aromatic carbocycles. The van der Waals surface area contributed by atoms with Crippen LogP contribution in [0.5, 0.6) is 5.75 Å². The summed E-state index contributed by atoms with van der Waals surface area (Å²) in [5.41, 5.74) is 2.73. The molecule has 7 heteroatoms. The second kappa shape index (κ2) is 7.46. The minimum Gasteiger partial charge on any atom is -0.506 e. The Hall–Kier alpha value is -2.15. The number of nitrogens with zero attached hydrogens (tertiary/aromatic N) is 2. The van der Waals surface area contributed by atoms with Gasteiger partial charge in [0.25, 0.3) is 0 Å². The average molecular weight is 461 g/mol. The highest BCUT2D eigenvalue weighted by Gasteiger charge is 2.19. The van der Waals surface area contributed by atoms with Crippen LogP contribution in [-0.4, -0.2) is 15.1 Å². The van der Waals surface area contributed by atoms with Gasteiger partial charge in [0.05, 0.1) is 11.1 Å². The quantitative estimate of drug-likeness (QED) is 0.329. The van der Waals surface area contributed by atoms with Crippen LogP contribution in [0.25, 0.3) is 21.3 Å². The van der Waals surface area contributed by atoms with Crippen molar-refractivity contribution in [1.82, 2.24) is 9.97 Å². The summed E-state index contributed by atoms with van der Waals surface area (Å²) in [5, 5.41) is 14.9. The Labute approximate surface area is 174 Å². The first-order valence-corrected chi connectivity index (χ1v) is 10.3. The Morgan fingerprint density at radius 2 is 1.93 bits per heavy atom. The van der Waals surface area contributed by atoms with Crippen LogP contribution in [0, 0.1) is 0 Å². The van der Waals surface area contributed by atoms with Crippen molar-refractivity contribution in [2.45, 2.75) is 13.3 Å². The standard InChI is InChI=1S/C20H15BrClN3OS/c1-2-16-17(11-3-5-12(21)6-4-11)18-19(23-10-24-20(18)27-16)25-14-9-13(22)7-8-15(14)26/h3-10,26H,2H2,1H3,(H,23,24,25). The van der Waals surface area contributed by atoms with Crippen molar-refractivity contribution in [2.75, 3.05) is 5.32 Å². The molecule has 4 rings (SSSR count). The first-order chi connectivity index (χ1) is 13.1. The van der Waals surface area contributed by atoms with Gasteiger partial charge in [-0.25, -0.2) is 9.97 Å². The fourth-order valence-corrected chi connectivity index (χ4v) is 4.52. The van der Waals surface area contributed by atoms with E-state index in [0.29, 0.717) is 16.5 Å². The van der Waals surface area contributed by atoms with Crippen molar-refractivity contribution in [3.63, 3.8) is 0 Å². The number of hydrogen-bond donors (Lipinski definition) is 2. The van der Waals surface area contributed by atoms with Crippen LogP contribution in [-0.2, 0) is 6.42 Å². The molecule has 0 amide bonds. The molecule has 0 spiro atoms. The molecule has 0 saturated carbocycles. The monoisotopic (exact) mass is 459 g/mol. The molecule has 0 radical (unpaired) electrons. The summed E-state index contributed by atoms with van der Waals surface area (Å²) in [6, 6.07) is 13.1. The second-order valence-corrected chi connectivity index (χ2v) is 8.39. The van der Waals surface area contributed by atoms with Gasteiger partial charge in [0.2, 0.25) is 0 Å². The zero-order valence-corrected chi connectivity index (χ0v) is 17.5. The first-order valence-electron chi connectivity index (χ1n) is 8.34. The van der Waals surface area contributed by atoms with E-state index in [9.17, 15) is 5.11 Å². The Kier molecular flexibility index (Phi) is 5.04. The number of aryl methyl sites for hydroxylation is 1. The molecule has 0 aliphatic carbocycles. The van der Waals surface area contributed by atoms with Crippen molar-refractivity contribution < 1.29 is 5.11 Å². The predicted molar refractivity (Wildman–Crippen MR) is 116 cm³/mol. The van der Waals surface area contributed by atoms with Crippen LogP contribution in [0.3, 0.4) is 0 Å². The molecule has 0 aliphatic rings. The topological polar surface area (TPSA) is 58.0 Å². The number of thiophene rings is 1. The highest BCUT2D eigenvalue weighted by atomic mass is 79.9. The van der Waals surface area contributed by atoms with Crippen LogP contribution < -0.4 is 5.32 Å². The van der Waals surface area contributed by atoms with Crippen LogP contribution in [0.4, 0.5) is 11.5 Å². The maximum Gasteiger partial charge on any atom is 0.143 e. The third-order valence-corrected chi connectivity index (χ3v) is 6.23. The van der Waals surface area contributed by atoms with Crippen LogP contribution in [0.15, 0.2) is 53.3 Å². The molecule has 0 fully saturated rings. The Bertz CT molecular complexity index is 1130. The third kappa shape index (κ3) is 3.52. The number of aromatic hydroxyl groups is 1. The lowest BCUT2D eigenvalue weighted by Gasteiger charge is -2.11. The van der Waals surface area contributed by atoms with Crippen LogP contribution >= 0.6 is 38.9 Å². The molecule has 0 saturated heterocycles. The van der Waals surface area contributed by atoms with E-state index in [1.54, 1.807) is 29.5 Å². The van der Waals surface area contributed by atoms with E-state index in [1.807, 2.05) is 12.1 Å². The van der Waals surface area contributed by atoms with Crippen LogP contribution in [0.1, 0.15) is 11.8 Å². The molecule has 4 nitrogen and oxygen atoms in total. The van der Waals surface area contributed by atoms with Gasteiger partial charge in [0, 0.05) is 19.9 Å². The average Bonchev–Trinajstić information content (AvgIpc) is 3.05. The molecular formula is C20H15BrClN3OS. The summed E-state index contributed by atoms with van der Waals surface area (Å²) in [6.07, 6.45) is 2.43. The summed E-state index contributed by atoms with van der Waals surface area (Å²) in [4.78, 5) is 11.1. The van der Waals surface area contributed by atoms with E-state index in [4.69, 9.17) is 11.6 Å². The van der Waals surface area contributed by atoms with Crippen molar-refractivity contribution in [1.29, 1.82) is 0 Å². The molecule has 0 unspecified atom stereocenters. The maximum atomic E-state index is 10.2. The number of fused-ring (bicyclic) bond motifs is 1. The Morgan fingerprint density at radius 1 is 1.15 bits per heavy atom. The molecule has 4 aromatic rings. The summed E-state index contributed by atoms with van der Waals surface area (Å²) >= 11 is 11.2. The van der Waals surface area contributed by atoms with Gasteiger partial charge < -0.3 is 10.4 Å². The first kappa shape index (κ1) is 18.2. The molecule has 2 N–H and O–H groups in total. The smallest absolute Gasteiger partial charge is 0.143 e. The lowest BCUT2D eigenvalue weighted by atomic mass is 10.0. The van der Waals surface area contributed by atoms with Crippen molar-refractivity contribution in [2.24, 2.45) is 0 Å². The fourth-order valence-electron chi connectivity index (χ4n) is 2.98. The number of phenols is 1. The van der Waals surface area contributed by atoms with Crippen LogP contribution in [0.2, 0.25) is 5.02 Å². The fraction of sp³-hybridized carbons (Fsp3) is 0.100. The number of nitrogens with one attached hydrogen (secondary N) is 1. The Balaban J connectivity index is 1.92. The molecule has 2 heterocycles. The number of hydrogen-bond acceptors (Lipinski definition) is 5. The lowest BCUT2D eigenvalue weighted by molar-refractivity contribution is 0.478. The molecule has 0 aliphatic heterocycles. The van der Waals surface area contributed by atoms with Gasteiger partial charge in [-0.05, 0) is 42.3 Å². The van der Waals surface area contributed by atoms with Crippen molar-refractivity contribution in [3.8, 4) is 16.9 Å². The maximum absolute atomic E-state index is 10.2. The largest absolute Gasteiger partial charge is 0.506 e. The number of benzene rings is 2. The number of anilines is 2. The molecule has 2 aromatic heterocycles. The van der Waals surface area contributed by atoms with E-state index in [0.717, 1.165) is 32.2 Å². The van der Waals surface area contributed by atoms with Gasteiger partial charge in [-0.15, -0.1) is 11.3 Å². The number of aromatic nitrogens is 2. The van der Waals surface area contributed by atoms with E-state index < -0.39 is 0 Å². The molecule has 136 valence electrons. The van der Waals surface area contributed by atoms with E-state index in [2.05, 4.69) is 50.3 Å². The van der Waals surface area contributed by atoms with Gasteiger partial charge in [-0.2, -0.15) is 0 Å². The lowest BCUT2D eigenvalue weighted by Crippen LogP contribution is -1.96. The molecule has 0 atom stereocenters. The highest BCUT2D eigenvalue weighted by Crippen LogP contribution is 2.42. The second-order valence-electron chi connectivity index (χ2n) is 5.95. The minimum absolute atomic E-state index is 0.113. The molecular weight excluding hydrogens is 446 g/mol. The SMILES string of the molecule is CCc1sc2ncnc(Nc3cc(Cl)ccc3O)c2c1-c1ccc(Br)cc1. The predicted octanol–water partition coefficient (Wildman–Crippen LogP) is 6.79. The van der Waals surface area contributed by atoms with Crippen molar-refractivity contribution >= 4 is 60.6 Å². The van der Waals surface area contributed by atoms with Gasteiger partial charge in [0.1, 0.15) is 22.7 Å². The van der Waals surface area contributed by atoms with Gasteiger partial charge in [-0.1, -0.05) is 46.6 Å². The third-order valence-electron chi connectivity index (χ3n) is 4.23.